The Balaban J connectivity index is 2.35. The summed E-state index contributed by atoms with van der Waals surface area (Å²) in [5, 5.41) is 11.1. The van der Waals surface area contributed by atoms with Crippen LogP contribution in [0.5, 0.6) is 11.5 Å². The van der Waals surface area contributed by atoms with Gasteiger partial charge < -0.3 is 4.74 Å². The minimum Gasteiger partial charge on any atom is -0.454 e. The summed E-state index contributed by atoms with van der Waals surface area (Å²) in [6, 6.07) is 8.58. The third-order valence-corrected chi connectivity index (χ3v) is 3.61. The van der Waals surface area contributed by atoms with E-state index in [4.69, 9.17) is 4.74 Å². The zero-order valence-corrected chi connectivity index (χ0v) is 13.1. The van der Waals surface area contributed by atoms with Crippen molar-refractivity contribution < 1.29 is 14.1 Å². The van der Waals surface area contributed by atoms with Gasteiger partial charge in [0.05, 0.1) is 4.92 Å². The molecule has 0 radical (unpaired) electrons. The van der Waals surface area contributed by atoms with E-state index in [1.54, 1.807) is 6.07 Å². The fraction of sp³-hybridized carbons (Fsp3) is 0.0769. The van der Waals surface area contributed by atoms with Crippen LogP contribution in [-0.2, 0) is 5.33 Å². The van der Waals surface area contributed by atoms with Gasteiger partial charge in [0.2, 0.25) is 0 Å². The first-order valence-corrected chi connectivity index (χ1v) is 7.39. The molecule has 0 saturated heterocycles. The lowest BCUT2D eigenvalue weighted by atomic mass is 10.2. The Morgan fingerprint density at radius 3 is 2.50 bits per heavy atom. The van der Waals surface area contributed by atoms with Gasteiger partial charge in [-0.1, -0.05) is 31.9 Å². The van der Waals surface area contributed by atoms with E-state index in [0.717, 1.165) is 0 Å². The second-order valence-electron chi connectivity index (χ2n) is 3.86. The van der Waals surface area contributed by atoms with Crippen LogP contribution in [0.25, 0.3) is 0 Å². The molecule has 20 heavy (non-hydrogen) atoms. The van der Waals surface area contributed by atoms with Crippen molar-refractivity contribution in [3.63, 3.8) is 0 Å². The summed E-state index contributed by atoms with van der Waals surface area (Å²) in [7, 11) is 0. The van der Waals surface area contributed by atoms with Gasteiger partial charge in [0.25, 0.3) is 5.69 Å². The van der Waals surface area contributed by atoms with Crippen molar-refractivity contribution in [2.24, 2.45) is 0 Å². The van der Waals surface area contributed by atoms with Gasteiger partial charge in [-0.25, -0.2) is 4.39 Å². The first kappa shape index (κ1) is 14.9. The van der Waals surface area contributed by atoms with Gasteiger partial charge in [-0.15, -0.1) is 0 Å². The zero-order valence-electron chi connectivity index (χ0n) is 9.98. The number of nitro benzene ring substituents is 1. The lowest BCUT2D eigenvalue weighted by Crippen LogP contribution is -1.94. The highest BCUT2D eigenvalue weighted by Crippen LogP contribution is 2.32. The second-order valence-corrected chi connectivity index (χ2v) is 5.34. The van der Waals surface area contributed by atoms with Crippen LogP contribution < -0.4 is 4.74 Å². The highest BCUT2D eigenvalue weighted by atomic mass is 79.9. The topological polar surface area (TPSA) is 52.4 Å². The SMILES string of the molecule is O=[N+]([O-])c1ccc(Oc2ccc(Br)cc2F)c(CBr)c1. The van der Waals surface area contributed by atoms with Crippen molar-refractivity contribution in [2.45, 2.75) is 5.33 Å². The summed E-state index contributed by atoms with van der Waals surface area (Å²) in [5.41, 5.74) is 0.532. The molecule has 0 bridgehead atoms. The van der Waals surface area contributed by atoms with Crippen LogP contribution in [0, 0.1) is 15.9 Å². The standard InChI is InChI=1S/C13H8Br2FNO3/c14-7-8-5-10(17(18)19)2-4-12(8)20-13-3-1-9(15)6-11(13)16/h1-6H,7H2. The largest absolute Gasteiger partial charge is 0.454 e. The van der Waals surface area contributed by atoms with Crippen LogP contribution in [0.4, 0.5) is 10.1 Å². The number of hydrogen-bond acceptors (Lipinski definition) is 3. The number of hydrogen-bond donors (Lipinski definition) is 0. The van der Waals surface area contributed by atoms with Crippen LogP contribution >= 0.6 is 31.9 Å². The summed E-state index contributed by atoms with van der Waals surface area (Å²) < 4.78 is 19.8. The molecule has 104 valence electrons. The molecule has 0 saturated carbocycles. The Labute approximate surface area is 131 Å². The van der Waals surface area contributed by atoms with E-state index < -0.39 is 10.7 Å². The zero-order chi connectivity index (χ0) is 14.7. The van der Waals surface area contributed by atoms with Gasteiger partial charge in [-0.05, 0) is 24.3 Å². The molecule has 7 heteroatoms. The lowest BCUT2D eigenvalue weighted by molar-refractivity contribution is -0.384. The minimum atomic E-state index is -0.516. The number of benzene rings is 2. The Bertz CT molecular complexity index is 664. The maximum atomic E-state index is 13.7. The third-order valence-electron chi connectivity index (χ3n) is 2.51. The predicted molar refractivity (Wildman–Crippen MR) is 79.9 cm³/mol. The number of nitro groups is 1. The maximum Gasteiger partial charge on any atom is 0.270 e. The van der Waals surface area contributed by atoms with Gasteiger partial charge in [0.15, 0.2) is 11.6 Å². The predicted octanol–water partition coefficient (Wildman–Crippen LogP) is 5.18. The average molecular weight is 405 g/mol. The maximum absolute atomic E-state index is 13.7. The number of non-ortho nitro benzene ring substituents is 1. The molecule has 0 aliphatic rings. The molecule has 0 fully saturated rings. The molecule has 0 atom stereocenters. The van der Waals surface area contributed by atoms with Gasteiger partial charge >= 0.3 is 0 Å². The Kier molecular flexibility index (Phi) is 4.72. The van der Waals surface area contributed by atoms with E-state index in [-0.39, 0.29) is 11.4 Å². The quantitative estimate of drug-likeness (QED) is 0.400. The normalized spacial score (nSPS) is 10.3. The van der Waals surface area contributed by atoms with Gasteiger partial charge in [0.1, 0.15) is 5.75 Å². The lowest BCUT2D eigenvalue weighted by Gasteiger charge is -2.10. The Morgan fingerprint density at radius 2 is 1.90 bits per heavy atom. The molecular weight excluding hydrogens is 397 g/mol. The number of rotatable bonds is 4. The van der Waals surface area contributed by atoms with E-state index >= 15 is 0 Å². The van der Waals surface area contributed by atoms with Crippen molar-refractivity contribution >= 4 is 37.5 Å². The minimum absolute atomic E-state index is 0.0388. The van der Waals surface area contributed by atoms with Crippen LogP contribution in [0.2, 0.25) is 0 Å². The summed E-state index contributed by atoms with van der Waals surface area (Å²) in [6.45, 7) is 0. The van der Waals surface area contributed by atoms with Crippen LogP contribution in [0.3, 0.4) is 0 Å². The summed E-state index contributed by atoms with van der Waals surface area (Å²) in [6.07, 6.45) is 0. The highest BCUT2D eigenvalue weighted by Gasteiger charge is 2.13. The van der Waals surface area contributed by atoms with Crippen LogP contribution in [0.15, 0.2) is 40.9 Å². The summed E-state index contributed by atoms with van der Waals surface area (Å²) in [4.78, 5) is 10.2. The second kappa shape index (κ2) is 6.32. The number of halogens is 3. The fourth-order valence-corrected chi connectivity index (χ4v) is 2.33. The molecule has 0 unspecified atom stereocenters. The molecule has 0 spiro atoms. The highest BCUT2D eigenvalue weighted by molar-refractivity contribution is 9.10. The van der Waals surface area contributed by atoms with E-state index in [0.29, 0.717) is 21.1 Å². The van der Waals surface area contributed by atoms with Gasteiger partial charge in [-0.2, -0.15) is 0 Å². The molecule has 0 aliphatic carbocycles. The van der Waals surface area contributed by atoms with E-state index in [2.05, 4.69) is 31.9 Å². The van der Waals surface area contributed by atoms with E-state index in [9.17, 15) is 14.5 Å². The molecule has 2 aromatic carbocycles. The van der Waals surface area contributed by atoms with Crippen molar-refractivity contribution in [2.75, 3.05) is 0 Å². The first-order valence-electron chi connectivity index (χ1n) is 5.47. The molecule has 0 aliphatic heterocycles. The third kappa shape index (κ3) is 3.34. The molecule has 0 heterocycles. The van der Waals surface area contributed by atoms with E-state index in [1.165, 1.54) is 30.3 Å². The fourth-order valence-electron chi connectivity index (χ4n) is 1.56. The van der Waals surface area contributed by atoms with E-state index in [1.807, 2.05) is 0 Å². The molecule has 2 aromatic rings. The number of alkyl halides is 1. The molecule has 0 amide bonds. The van der Waals surface area contributed by atoms with Crippen molar-refractivity contribution in [3.05, 3.63) is 62.4 Å². The van der Waals surface area contributed by atoms with Gasteiger partial charge in [0, 0.05) is 27.5 Å². The van der Waals surface area contributed by atoms with Crippen molar-refractivity contribution in [3.8, 4) is 11.5 Å². The van der Waals surface area contributed by atoms with Crippen LogP contribution in [0.1, 0.15) is 5.56 Å². The van der Waals surface area contributed by atoms with Crippen molar-refractivity contribution in [1.29, 1.82) is 0 Å². The summed E-state index contributed by atoms with van der Waals surface area (Å²) >= 11 is 6.39. The average Bonchev–Trinajstić information content (AvgIpc) is 2.42. The first-order chi connectivity index (χ1) is 9.51. The molecule has 0 N–H and O–H groups in total. The summed E-state index contributed by atoms with van der Waals surface area (Å²) in [5.74, 6) is -0.0869. The molecular formula is C13H8Br2FNO3. The smallest absolute Gasteiger partial charge is 0.270 e. The number of ether oxygens (including phenoxy) is 1. The van der Waals surface area contributed by atoms with Crippen LogP contribution in [-0.4, -0.2) is 4.92 Å². The molecule has 0 aromatic heterocycles. The molecule has 4 nitrogen and oxygen atoms in total. The Hall–Kier alpha value is -1.47. The number of nitrogens with zero attached hydrogens (tertiary/aromatic N) is 1. The monoisotopic (exact) mass is 403 g/mol. The van der Waals surface area contributed by atoms with Gasteiger partial charge in [-0.3, -0.25) is 10.1 Å². The molecule has 2 rings (SSSR count). The van der Waals surface area contributed by atoms with Crippen molar-refractivity contribution in [1.82, 2.24) is 0 Å². The Morgan fingerprint density at radius 1 is 1.20 bits per heavy atom.